The molecule has 134 valence electrons. The minimum absolute atomic E-state index is 0.342. The summed E-state index contributed by atoms with van der Waals surface area (Å²) in [7, 11) is 0. The topological polar surface area (TPSA) is 97.8 Å². The number of nitrogens with one attached hydrogen (secondary N) is 1. The van der Waals surface area contributed by atoms with Crippen molar-refractivity contribution in [3.63, 3.8) is 0 Å². The first-order valence-electron chi connectivity index (χ1n) is 9.03. The van der Waals surface area contributed by atoms with Gasteiger partial charge in [-0.15, -0.1) is 0 Å². The van der Waals surface area contributed by atoms with Gasteiger partial charge in [-0.2, -0.15) is 4.98 Å². The number of imidazole rings is 1. The molecule has 2 fully saturated rings. The van der Waals surface area contributed by atoms with Gasteiger partial charge < -0.3 is 20.5 Å². The van der Waals surface area contributed by atoms with E-state index in [9.17, 15) is 0 Å². The molecule has 26 heavy (non-hydrogen) atoms. The predicted molar refractivity (Wildman–Crippen MR) is 100 cm³/mol. The van der Waals surface area contributed by atoms with Crippen molar-refractivity contribution in [1.29, 1.82) is 0 Å². The van der Waals surface area contributed by atoms with Crippen molar-refractivity contribution in [3.05, 3.63) is 30.9 Å². The van der Waals surface area contributed by atoms with Gasteiger partial charge in [-0.3, -0.25) is 0 Å². The van der Waals surface area contributed by atoms with E-state index in [1.54, 1.807) is 12.4 Å². The number of rotatable bonds is 4. The quantitative estimate of drug-likeness (QED) is 0.742. The van der Waals surface area contributed by atoms with Crippen LogP contribution >= 0.6 is 0 Å². The van der Waals surface area contributed by atoms with Gasteiger partial charge in [0.25, 0.3) is 0 Å². The molecule has 0 unspecified atom stereocenters. The van der Waals surface area contributed by atoms with Crippen LogP contribution in [0.3, 0.4) is 0 Å². The van der Waals surface area contributed by atoms with E-state index >= 15 is 0 Å². The fraction of sp³-hybridized carbons (Fsp3) is 0.444. The predicted octanol–water partition coefficient (Wildman–Crippen LogP) is 1.94. The van der Waals surface area contributed by atoms with Gasteiger partial charge in [-0.1, -0.05) is 0 Å². The zero-order valence-corrected chi connectivity index (χ0v) is 14.9. The van der Waals surface area contributed by atoms with Crippen LogP contribution < -0.4 is 16.0 Å². The van der Waals surface area contributed by atoms with Crippen molar-refractivity contribution in [3.8, 4) is 0 Å². The van der Waals surface area contributed by atoms with E-state index in [4.69, 9.17) is 5.73 Å². The van der Waals surface area contributed by atoms with Gasteiger partial charge in [0.1, 0.15) is 17.2 Å². The molecule has 8 nitrogen and oxygen atoms in total. The average Bonchev–Trinajstić information content (AvgIpc) is 3.03. The summed E-state index contributed by atoms with van der Waals surface area (Å²) in [4.78, 5) is 20.1. The summed E-state index contributed by atoms with van der Waals surface area (Å²) < 4.78 is 2.13. The number of fused-ring (bicyclic) bond motifs is 2. The highest BCUT2D eigenvalue weighted by molar-refractivity contribution is 5.78. The summed E-state index contributed by atoms with van der Waals surface area (Å²) in [5.74, 6) is 3.45. The number of hydrogen-bond donors (Lipinski definition) is 2. The van der Waals surface area contributed by atoms with Crippen LogP contribution in [-0.4, -0.2) is 43.6 Å². The van der Waals surface area contributed by atoms with Crippen molar-refractivity contribution >= 4 is 28.6 Å². The smallest absolute Gasteiger partial charge is 0.227 e. The van der Waals surface area contributed by atoms with Crippen molar-refractivity contribution in [1.82, 2.24) is 24.5 Å². The molecule has 5 rings (SSSR count). The maximum absolute atomic E-state index is 6.02. The molecule has 0 radical (unpaired) electrons. The summed E-state index contributed by atoms with van der Waals surface area (Å²) in [6.45, 7) is 6.18. The maximum atomic E-state index is 6.02. The van der Waals surface area contributed by atoms with Crippen LogP contribution in [0.1, 0.15) is 19.9 Å². The first kappa shape index (κ1) is 15.5. The highest BCUT2D eigenvalue weighted by Gasteiger charge is 2.54. The molecule has 3 aromatic rings. The minimum Gasteiger partial charge on any atom is -0.340 e. The summed E-state index contributed by atoms with van der Waals surface area (Å²) >= 11 is 0. The lowest BCUT2D eigenvalue weighted by atomic mass is 10.3. The average molecular weight is 350 g/mol. The van der Waals surface area contributed by atoms with Crippen molar-refractivity contribution in [2.24, 2.45) is 17.6 Å². The van der Waals surface area contributed by atoms with E-state index in [1.807, 2.05) is 18.5 Å². The van der Waals surface area contributed by atoms with E-state index in [-0.39, 0.29) is 0 Å². The summed E-state index contributed by atoms with van der Waals surface area (Å²) in [6, 6.07) is 4.58. The molecule has 0 bridgehead atoms. The lowest BCUT2D eigenvalue weighted by molar-refractivity contribution is 0.617. The van der Waals surface area contributed by atoms with E-state index in [0.717, 1.165) is 41.7 Å². The highest BCUT2D eigenvalue weighted by Crippen LogP contribution is 2.44. The van der Waals surface area contributed by atoms with Gasteiger partial charge in [0, 0.05) is 37.4 Å². The Morgan fingerprint density at radius 3 is 2.73 bits per heavy atom. The molecular formula is C18H22N8. The normalized spacial score (nSPS) is 24.3. The molecule has 0 amide bonds. The first-order valence-corrected chi connectivity index (χ1v) is 9.03. The Morgan fingerprint density at radius 1 is 1.15 bits per heavy atom. The SMILES string of the molecule is CC(C)n1cnc2cnc(Nc3ccnc(N4C[C@@H]5[C@@H](N)[C@@H]5C4)n3)cc21. The Balaban J connectivity index is 1.38. The van der Waals surface area contributed by atoms with Gasteiger partial charge >= 0.3 is 0 Å². The van der Waals surface area contributed by atoms with E-state index in [2.05, 4.69) is 48.6 Å². The molecule has 1 saturated carbocycles. The highest BCUT2D eigenvalue weighted by atomic mass is 15.3. The number of nitrogens with two attached hydrogens (primary N) is 1. The Kier molecular flexibility index (Phi) is 3.36. The van der Waals surface area contributed by atoms with Crippen LogP contribution in [-0.2, 0) is 0 Å². The fourth-order valence-electron chi connectivity index (χ4n) is 3.85. The maximum Gasteiger partial charge on any atom is 0.227 e. The molecule has 3 atom stereocenters. The second-order valence-electron chi connectivity index (χ2n) is 7.48. The number of hydrogen-bond acceptors (Lipinski definition) is 7. The van der Waals surface area contributed by atoms with Crippen molar-refractivity contribution in [2.75, 3.05) is 23.3 Å². The lowest BCUT2D eigenvalue weighted by Crippen LogP contribution is -2.29. The molecule has 4 heterocycles. The van der Waals surface area contributed by atoms with Gasteiger partial charge in [0.2, 0.25) is 5.95 Å². The molecule has 8 heteroatoms. The van der Waals surface area contributed by atoms with Gasteiger partial charge in [0.05, 0.1) is 18.0 Å². The van der Waals surface area contributed by atoms with Gasteiger partial charge in [0.15, 0.2) is 0 Å². The van der Waals surface area contributed by atoms with Crippen LogP contribution in [0.5, 0.6) is 0 Å². The third-order valence-corrected chi connectivity index (χ3v) is 5.46. The van der Waals surface area contributed by atoms with Gasteiger partial charge in [-0.25, -0.2) is 15.0 Å². The Hall–Kier alpha value is -2.74. The van der Waals surface area contributed by atoms with Crippen LogP contribution in [0.2, 0.25) is 0 Å². The van der Waals surface area contributed by atoms with Crippen LogP contribution in [0, 0.1) is 11.8 Å². The number of pyridine rings is 1. The third-order valence-electron chi connectivity index (χ3n) is 5.46. The standard InChI is InChI=1S/C18H22N8/c1-10(2)26-9-22-13-6-21-16(5-14(13)26)23-15-3-4-20-18(24-15)25-7-11-12(8-25)17(11)19/h3-6,9-12,17H,7-8,19H2,1-2H3,(H,20,21,23,24)/t11-,12+,17+. The number of nitrogens with zero attached hydrogens (tertiary/aromatic N) is 6. The molecule has 1 aliphatic heterocycles. The van der Waals surface area contributed by atoms with Crippen LogP contribution in [0.15, 0.2) is 30.9 Å². The molecule has 2 aliphatic rings. The van der Waals surface area contributed by atoms with E-state index in [0.29, 0.717) is 23.9 Å². The first-order chi connectivity index (χ1) is 12.6. The Labute approximate surface area is 151 Å². The molecule has 3 aromatic heterocycles. The zero-order valence-electron chi connectivity index (χ0n) is 14.9. The van der Waals surface area contributed by atoms with Crippen LogP contribution in [0.25, 0.3) is 11.0 Å². The summed E-state index contributed by atoms with van der Waals surface area (Å²) in [6.07, 6.45) is 5.42. The second-order valence-corrected chi connectivity index (χ2v) is 7.48. The second kappa shape index (κ2) is 5.63. The molecule has 3 N–H and O–H groups in total. The molecular weight excluding hydrogens is 328 g/mol. The number of aromatic nitrogens is 5. The lowest BCUT2D eigenvalue weighted by Gasteiger charge is -2.19. The minimum atomic E-state index is 0.342. The third kappa shape index (κ3) is 2.48. The summed E-state index contributed by atoms with van der Waals surface area (Å²) in [5.41, 5.74) is 7.96. The van der Waals surface area contributed by atoms with E-state index in [1.165, 1.54) is 0 Å². The summed E-state index contributed by atoms with van der Waals surface area (Å²) in [5, 5.41) is 3.29. The number of anilines is 3. The van der Waals surface area contributed by atoms with Crippen molar-refractivity contribution < 1.29 is 0 Å². The molecule has 0 aromatic carbocycles. The zero-order chi connectivity index (χ0) is 17.8. The molecule has 1 saturated heterocycles. The Morgan fingerprint density at radius 2 is 1.96 bits per heavy atom. The Bertz CT molecular complexity index is 953. The van der Waals surface area contributed by atoms with Crippen molar-refractivity contribution in [2.45, 2.75) is 25.9 Å². The molecule has 1 aliphatic carbocycles. The molecule has 0 spiro atoms. The monoisotopic (exact) mass is 350 g/mol. The van der Waals surface area contributed by atoms with E-state index < -0.39 is 0 Å². The van der Waals surface area contributed by atoms with Gasteiger partial charge in [-0.05, 0) is 31.7 Å². The fourth-order valence-corrected chi connectivity index (χ4v) is 3.85. The largest absolute Gasteiger partial charge is 0.340 e. The van der Waals surface area contributed by atoms with Crippen LogP contribution in [0.4, 0.5) is 17.6 Å². The number of piperidine rings is 1.